The third kappa shape index (κ3) is 2.09. The number of morpholine rings is 1. The molecule has 0 bridgehead atoms. The molecule has 1 aromatic rings. The highest BCUT2D eigenvalue weighted by Crippen LogP contribution is 2.15. The lowest BCUT2D eigenvalue weighted by atomic mass is 10.2. The van der Waals surface area contributed by atoms with Gasteiger partial charge in [-0.1, -0.05) is 5.16 Å². The summed E-state index contributed by atoms with van der Waals surface area (Å²) < 4.78 is 10.4. The average Bonchev–Trinajstić information content (AvgIpc) is 2.67. The molecule has 0 radical (unpaired) electrons. The third-order valence-electron chi connectivity index (χ3n) is 2.72. The quantitative estimate of drug-likeness (QED) is 0.720. The van der Waals surface area contributed by atoms with Crippen LogP contribution in [0.15, 0.2) is 10.6 Å². The lowest BCUT2D eigenvalue weighted by Gasteiger charge is -2.36. The summed E-state index contributed by atoms with van der Waals surface area (Å²) >= 11 is 0. The molecule has 2 rings (SSSR count). The number of aryl methyl sites for hydroxylation is 1. The smallest absolute Gasteiger partial charge is 0.276 e. The minimum atomic E-state index is -0.0838. The van der Waals surface area contributed by atoms with Crippen LogP contribution < -0.4 is 0 Å². The van der Waals surface area contributed by atoms with Crippen molar-refractivity contribution >= 4 is 5.91 Å². The zero-order valence-corrected chi connectivity index (χ0v) is 9.77. The number of ether oxygens (including phenoxy) is 1. The first-order valence-electron chi connectivity index (χ1n) is 5.44. The van der Waals surface area contributed by atoms with E-state index in [9.17, 15) is 4.79 Å². The maximum Gasteiger partial charge on any atom is 0.276 e. The summed E-state index contributed by atoms with van der Waals surface area (Å²) in [4.78, 5) is 13.9. The van der Waals surface area contributed by atoms with Gasteiger partial charge in [0.05, 0.1) is 18.8 Å². The summed E-state index contributed by atoms with van der Waals surface area (Å²) in [6.07, 6.45) is 0.0770. The summed E-state index contributed by atoms with van der Waals surface area (Å²) in [7, 11) is 0. The normalized spacial score (nSPS) is 25.8. The van der Waals surface area contributed by atoms with Gasteiger partial charge in [0.25, 0.3) is 5.91 Å². The molecule has 5 nitrogen and oxygen atoms in total. The Morgan fingerprint density at radius 1 is 1.56 bits per heavy atom. The Morgan fingerprint density at radius 2 is 2.31 bits per heavy atom. The van der Waals surface area contributed by atoms with Gasteiger partial charge >= 0.3 is 0 Å². The molecular formula is C11H16N2O3. The maximum atomic E-state index is 12.1. The molecule has 1 fully saturated rings. The summed E-state index contributed by atoms with van der Waals surface area (Å²) in [6.45, 7) is 6.88. The van der Waals surface area contributed by atoms with Crippen LogP contribution in [0.1, 0.15) is 30.1 Å². The van der Waals surface area contributed by atoms with Gasteiger partial charge < -0.3 is 14.2 Å². The zero-order chi connectivity index (χ0) is 11.7. The van der Waals surface area contributed by atoms with E-state index in [-0.39, 0.29) is 18.1 Å². The highest BCUT2D eigenvalue weighted by Gasteiger charge is 2.29. The van der Waals surface area contributed by atoms with E-state index in [1.54, 1.807) is 17.9 Å². The Balaban J connectivity index is 2.14. The molecule has 1 amide bonds. The molecule has 0 aliphatic carbocycles. The van der Waals surface area contributed by atoms with E-state index < -0.39 is 0 Å². The van der Waals surface area contributed by atoms with E-state index in [4.69, 9.17) is 9.26 Å². The molecule has 5 heteroatoms. The van der Waals surface area contributed by atoms with Crippen LogP contribution in [0.4, 0.5) is 0 Å². The molecule has 2 atom stereocenters. The van der Waals surface area contributed by atoms with Gasteiger partial charge in [0.1, 0.15) is 5.76 Å². The van der Waals surface area contributed by atoms with Crippen LogP contribution in [0.5, 0.6) is 0 Å². The molecular weight excluding hydrogens is 208 g/mol. The Morgan fingerprint density at radius 3 is 2.94 bits per heavy atom. The molecule has 16 heavy (non-hydrogen) atoms. The van der Waals surface area contributed by atoms with Gasteiger partial charge in [-0.05, 0) is 20.8 Å². The topological polar surface area (TPSA) is 55.6 Å². The fraction of sp³-hybridized carbons (Fsp3) is 0.636. The number of amides is 1. The number of carbonyl (C=O) groups is 1. The first kappa shape index (κ1) is 11.1. The molecule has 88 valence electrons. The zero-order valence-electron chi connectivity index (χ0n) is 9.77. The molecule has 0 spiro atoms. The minimum Gasteiger partial charge on any atom is -0.375 e. The second kappa shape index (κ2) is 4.25. The van der Waals surface area contributed by atoms with Crippen LogP contribution in [-0.4, -0.2) is 41.3 Å². The number of hydrogen-bond donors (Lipinski definition) is 0. The van der Waals surface area contributed by atoms with E-state index >= 15 is 0 Å². The van der Waals surface area contributed by atoms with Gasteiger partial charge in [-0.2, -0.15) is 0 Å². The standard InChI is InChI=1S/C11H16N2O3/c1-7-6-15-9(3)5-13(7)11(14)10-4-8(2)16-12-10/h4,7,9H,5-6H2,1-3H3. The van der Waals surface area contributed by atoms with Gasteiger partial charge in [0, 0.05) is 12.6 Å². The van der Waals surface area contributed by atoms with Crippen molar-refractivity contribution < 1.29 is 14.1 Å². The van der Waals surface area contributed by atoms with Gasteiger partial charge in [0.2, 0.25) is 0 Å². The van der Waals surface area contributed by atoms with Crippen LogP contribution in [0.25, 0.3) is 0 Å². The number of carbonyl (C=O) groups excluding carboxylic acids is 1. The van der Waals surface area contributed by atoms with E-state index in [1.807, 2.05) is 13.8 Å². The first-order chi connectivity index (χ1) is 7.58. The van der Waals surface area contributed by atoms with Crippen LogP contribution in [0.2, 0.25) is 0 Å². The Hall–Kier alpha value is -1.36. The van der Waals surface area contributed by atoms with Crippen LogP contribution in [-0.2, 0) is 4.74 Å². The molecule has 1 saturated heterocycles. The van der Waals surface area contributed by atoms with Gasteiger partial charge in [-0.25, -0.2) is 0 Å². The molecule has 0 N–H and O–H groups in total. The SMILES string of the molecule is Cc1cc(C(=O)N2CC(C)OCC2C)no1. The van der Waals surface area contributed by atoms with Crippen molar-refractivity contribution in [2.24, 2.45) is 0 Å². The first-order valence-corrected chi connectivity index (χ1v) is 5.44. The monoisotopic (exact) mass is 224 g/mol. The molecule has 1 aliphatic rings. The lowest BCUT2D eigenvalue weighted by Crippen LogP contribution is -2.50. The van der Waals surface area contributed by atoms with Crippen molar-refractivity contribution in [3.8, 4) is 0 Å². The number of rotatable bonds is 1. The molecule has 2 unspecified atom stereocenters. The fourth-order valence-electron chi connectivity index (χ4n) is 1.80. The molecule has 1 aromatic heterocycles. The van der Waals surface area contributed by atoms with Gasteiger partial charge in [0.15, 0.2) is 5.69 Å². The molecule has 0 saturated carbocycles. The Labute approximate surface area is 94.3 Å². The maximum absolute atomic E-state index is 12.1. The minimum absolute atomic E-state index is 0.0770. The van der Waals surface area contributed by atoms with Crippen molar-refractivity contribution in [3.05, 3.63) is 17.5 Å². The van der Waals surface area contributed by atoms with Gasteiger partial charge in [-0.3, -0.25) is 4.79 Å². The highest BCUT2D eigenvalue weighted by atomic mass is 16.5. The molecule has 2 heterocycles. The summed E-state index contributed by atoms with van der Waals surface area (Å²) in [5, 5.41) is 3.74. The lowest BCUT2D eigenvalue weighted by molar-refractivity contribution is -0.0390. The second-order valence-electron chi connectivity index (χ2n) is 4.27. The summed E-state index contributed by atoms with van der Waals surface area (Å²) in [5.41, 5.74) is 0.374. The number of nitrogens with zero attached hydrogens (tertiary/aromatic N) is 2. The molecule has 0 aromatic carbocycles. The summed E-state index contributed by atoms with van der Waals surface area (Å²) in [6, 6.07) is 1.75. The van der Waals surface area contributed by atoms with Crippen LogP contribution in [0.3, 0.4) is 0 Å². The predicted octanol–water partition coefficient (Wildman–Crippen LogP) is 1.23. The molecule has 1 aliphatic heterocycles. The van der Waals surface area contributed by atoms with E-state index in [0.29, 0.717) is 24.6 Å². The van der Waals surface area contributed by atoms with E-state index in [2.05, 4.69) is 5.16 Å². The van der Waals surface area contributed by atoms with Crippen molar-refractivity contribution in [1.29, 1.82) is 0 Å². The second-order valence-corrected chi connectivity index (χ2v) is 4.27. The van der Waals surface area contributed by atoms with E-state index in [1.165, 1.54) is 0 Å². The average molecular weight is 224 g/mol. The number of aromatic nitrogens is 1. The van der Waals surface area contributed by atoms with Gasteiger partial charge in [-0.15, -0.1) is 0 Å². The largest absolute Gasteiger partial charge is 0.375 e. The van der Waals surface area contributed by atoms with Crippen molar-refractivity contribution in [2.75, 3.05) is 13.2 Å². The predicted molar refractivity (Wildman–Crippen MR) is 57.2 cm³/mol. The Bertz CT molecular complexity index is 388. The van der Waals surface area contributed by atoms with Crippen molar-refractivity contribution in [1.82, 2.24) is 10.1 Å². The van der Waals surface area contributed by atoms with Crippen molar-refractivity contribution in [2.45, 2.75) is 32.9 Å². The number of hydrogen-bond acceptors (Lipinski definition) is 4. The highest BCUT2D eigenvalue weighted by molar-refractivity contribution is 5.92. The van der Waals surface area contributed by atoms with Crippen molar-refractivity contribution in [3.63, 3.8) is 0 Å². The van der Waals surface area contributed by atoms with Crippen LogP contribution >= 0.6 is 0 Å². The Kier molecular flexibility index (Phi) is 2.96. The summed E-state index contributed by atoms with van der Waals surface area (Å²) in [5.74, 6) is 0.566. The van der Waals surface area contributed by atoms with Crippen LogP contribution in [0, 0.1) is 6.92 Å². The van der Waals surface area contributed by atoms with E-state index in [0.717, 1.165) is 0 Å². The fourth-order valence-corrected chi connectivity index (χ4v) is 1.80. The third-order valence-corrected chi connectivity index (χ3v) is 2.72.